The molecule has 0 aliphatic heterocycles. The van der Waals surface area contributed by atoms with E-state index in [0.29, 0.717) is 19.3 Å². The highest BCUT2D eigenvalue weighted by molar-refractivity contribution is 6.01. The van der Waals surface area contributed by atoms with Crippen LogP contribution in [-0.4, -0.2) is 25.1 Å². The molecule has 0 N–H and O–H groups in total. The first-order valence-electron chi connectivity index (χ1n) is 5.26. The molecule has 1 aliphatic carbocycles. The van der Waals surface area contributed by atoms with Crippen molar-refractivity contribution in [1.82, 2.24) is 0 Å². The van der Waals surface area contributed by atoms with Crippen LogP contribution in [0.1, 0.15) is 32.1 Å². The van der Waals surface area contributed by atoms with E-state index < -0.39 is 11.9 Å². The number of rotatable bonds is 5. The van der Waals surface area contributed by atoms with Crippen LogP contribution in [0.15, 0.2) is 0 Å². The molecule has 0 radical (unpaired) electrons. The first-order valence-corrected chi connectivity index (χ1v) is 5.26. The van der Waals surface area contributed by atoms with Crippen LogP contribution in [0.4, 0.5) is 0 Å². The van der Waals surface area contributed by atoms with Gasteiger partial charge in [0.05, 0.1) is 7.11 Å². The molecule has 1 saturated carbocycles. The maximum Gasteiger partial charge on any atom is 0.316 e. The maximum atomic E-state index is 11.7. The minimum atomic E-state index is -0.559. The minimum Gasteiger partial charge on any atom is -0.468 e. The van der Waals surface area contributed by atoms with Crippen molar-refractivity contribution >= 4 is 18.0 Å². The van der Waals surface area contributed by atoms with E-state index >= 15 is 0 Å². The van der Waals surface area contributed by atoms with E-state index in [-0.39, 0.29) is 11.7 Å². The van der Waals surface area contributed by atoms with E-state index in [0.717, 1.165) is 19.1 Å². The molecule has 15 heavy (non-hydrogen) atoms. The average Bonchev–Trinajstić information content (AvgIpc) is 2.60. The van der Waals surface area contributed by atoms with Crippen LogP contribution in [0.5, 0.6) is 0 Å². The predicted molar refractivity (Wildman–Crippen MR) is 53.2 cm³/mol. The zero-order valence-electron chi connectivity index (χ0n) is 8.90. The lowest BCUT2D eigenvalue weighted by Crippen LogP contribution is -2.23. The molecular formula is C11H16O4. The molecule has 0 bridgehead atoms. The summed E-state index contributed by atoms with van der Waals surface area (Å²) in [6.45, 7) is 0. The maximum absolute atomic E-state index is 11.7. The van der Waals surface area contributed by atoms with Crippen molar-refractivity contribution in [1.29, 1.82) is 0 Å². The fourth-order valence-corrected chi connectivity index (χ4v) is 2.05. The average molecular weight is 212 g/mol. The number of carbonyl (C=O) groups is 3. The molecule has 4 heteroatoms. The molecule has 1 fully saturated rings. The Kier molecular flexibility index (Phi) is 4.46. The Bertz CT molecular complexity index is 259. The van der Waals surface area contributed by atoms with Crippen LogP contribution in [0.2, 0.25) is 0 Å². The van der Waals surface area contributed by atoms with Gasteiger partial charge in [-0.15, -0.1) is 0 Å². The van der Waals surface area contributed by atoms with Gasteiger partial charge in [0.2, 0.25) is 0 Å². The number of hydrogen-bond donors (Lipinski definition) is 0. The second-order valence-electron chi connectivity index (χ2n) is 3.85. The molecule has 0 aromatic carbocycles. The Morgan fingerprint density at radius 3 is 2.87 bits per heavy atom. The summed E-state index contributed by atoms with van der Waals surface area (Å²) in [6, 6.07) is 0. The van der Waals surface area contributed by atoms with E-state index in [1.54, 1.807) is 0 Å². The van der Waals surface area contributed by atoms with Crippen LogP contribution in [0, 0.1) is 11.8 Å². The Balaban J connectivity index is 2.42. The molecule has 0 spiro atoms. The molecule has 2 unspecified atom stereocenters. The highest BCUT2D eigenvalue weighted by Gasteiger charge is 2.38. The number of Topliss-reactive ketones (excluding diaryl/α,β-unsaturated/α-hetero) is 1. The van der Waals surface area contributed by atoms with Gasteiger partial charge < -0.3 is 9.53 Å². The molecule has 4 nitrogen and oxygen atoms in total. The van der Waals surface area contributed by atoms with Crippen LogP contribution in [-0.2, 0) is 19.1 Å². The van der Waals surface area contributed by atoms with E-state index in [9.17, 15) is 14.4 Å². The summed E-state index contributed by atoms with van der Waals surface area (Å²) in [5, 5.41) is 0. The monoisotopic (exact) mass is 212 g/mol. The van der Waals surface area contributed by atoms with Gasteiger partial charge in [0.15, 0.2) is 0 Å². The van der Waals surface area contributed by atoms with Crippen LogP contribution in [0.25, 0.3) is 0 Å². The lowest BCUT2D eigenvalue weighted by molar-refractivity contribution is -0.148. The quantitative estimate of drug-likeness (QED) is 0.296. The third-order valence-corrected chi connectivity index (χ3v) is 2.91. The summed E-state index contributed by atoms with van der Waals surface area (Å²) < 4.78 is 4.56. The standard InChI is InChI=1S/C11H16O4/c1-15-11(14)9-6-5-8(10(9)13)4-2-3-7-12/h7-9H,2-6H2,1H3. The molecule has 1 rings (SSSR count). The molecule has 0 aromatic rings. The summed E-state index contributed by atoms with van der Waals surface area (Å²) in [7, 11) is 1.30. The Morgan fingerprint density at radius 1 is 1.53 bits per heavy atom. The van der Waals surface area contributed by atoms with Gasteiger partial charge in [-0.3, -0.25) is 9.59 Å². The molecular weight excluding hydrogens is 196 g/mol. The van der Waals surface area contributed by atoms with Gasteiger partial charge in [0, 0.05) is 12.3 Å². The van der Waals surface area contributed by atoms with Crippen molar-refractivity contribution in [2.24, 2.45) is 11.8 Å². The molecule has 0 saturated heterocycles. The lowest BCUT2D eigenvalue weighted by Gasteiger charge is -2.07. The van der Waals surface area contributed by atoms with Crippen molar-refractivity contribution in [2.75, 3.05) is 7.11 Å². The SMILES string of the molecule is COC(=O)C1CCC(CCCC=O)C1=O. The largest absolute Gasteiger partial charge is 0.468 e. The molecule has 0 amide bonds. The molecule has 1 aliphatic rings. The van der Waals surface area contributed by atoms with Crippen molar-refractivity contribution in [3.05, 3.63) is 0 Å². The van der Waals surface area contributed by atoms with Gasteiger partial charge >= 0.3 is 5.97 Å². The summed E-state index contributed by atoms with van der Waals surface area (Å²) in [5.41, 5.74) is 0. The number of carbonyl (C=O) groups excluding carboxylic acids is 3. The summed E-state index contributed by atoms with van der Waals surface area (Å²) in [6.07, 6.45) is 4.14. The van der Waals surface area contributed by atoms with Gasteiger partial charge in [-0.25, -0.2) is 0 Å². The zero-order valence-corrected chi connectivity index (χ0v) is 8.90. The summed E-state index contributed by atoms with van der Waals surface area (Å²) in [5.74, 6) is -1.03. The predicted octanol–water partition coefficient (Wildman–Crippen LogP) is 1.12. The van der Waals surface area contributed by atoms with Gasteiger partial charge in [-0.05, 0) is 25.7 Å². The number of unbranched alkanes of at least 4 members (excludes halogenated alkanes) is 1. The van der Waals surface area contributed by atoms with Gasteiger partial charge in [-0.2, -0.15) is 0 Å². The smallest absolute Gasteiger partial charge is 0.316 e. The first kappa shape index (κ1) is 11.9. The second kappa shape index (κ2) is 5.63. The fraction of sp³-hybridized carbons (Fsp3) is 0.727. The van der Waals surface area contributed by atoms with Gasteiger partial charge in [0.25, 0.3) is 0 Å². The lowest BCUT2D eigenvalue weighted by atomic mass is 9.97. The van der Waals surface area contributed by atoms with Gasteiger partial charge in [0.1, 0.15) is 18.0 Å². The van der Waals surface area contributed by atoms with Gasteiger partial charge in [-0.1, -0.05) is 0 Å². The Morgan fingerprint density at radius 2 is 2.27 bits per heavy atom. The van der Waals surface area contributed by atoms with Crippen LogP contribution in [0.3, 0.4) is 0 Å². The summed E-state index contributed by atoms with van der Waals surface area (Å²) >= 11 is 0. The topological polar surface area (TPSA) is 60.4 Å². The van der Waals surface area contributed by atoms with Crippen molar-refractivity contribution < 1.29 is 19.1 Å². The Hall–Kier alpha value is -1.19. The van der Waals surface area contributed by atoms with Crippen molar-refractivity contribution in [2.45, 2.75) is 32.1 Å². The number of ketones is 1. The van der Waals surface area contributed by atoms with Crippen LogP contribution < -0.4 is 0 Å². The third kappa shape index (κ3) is 2.88. The minimum absolute atomic E-state index is 0.00671. The highest BCUT2D eigenvalue weighted by atomic mass is 16.5. The van der Waals surface area contributed by atoms with Crippen LogP contribution >= 0.6 is 0 Å². The second-order valence-corrected chi connectivity index (χ2v) is 3.85. The summed E-state index contributed by atoms with van der Waals surface area (Å²) in [4.78, 5) is 33.0. The Labute approximate surface area is 89.0 Å². The first-order chi connectivity index (χ1) is 7.20. The van der Waals surface area contributed by atoms with Crippen molar-refractivity contribution in [3.8, 4) is 0 Å². The van der Waals surface area contributed by atoms with E-state index in [1.165, 1.54) is 7.11 Å². The number of hydrogen-bond acceptors (Lipinski definition) is 4. The highest BCUT2D eigenvalue weighted by Crippen LogP contribution is 2.31. The van der Waals surface area contributed by atoms with Crippen molar-refractivity contribution in [3.63, 3.8) is 0 Å². The van der Waals surface area contributed by atoms with E-state index in [1.807, 2.05) is 0 Å². The van der Waals surface area contributed by atoms with E-state index in [2.05, 4.69) is 4.74 Å². The number of ether oxygens (including phenoxy) is 1. The normalized spacial score (nSPS) is 25.3. The molecule has 2 atom stereocenters. The number of aldehydes is 1. The number of esters is 1. The fourth-order valence-electron chi connectivity index (χ4n) is 2.05. The third-order valence-electron chi connectivity index (χ3n) is 2.91. The molecule has 84 valence electrons. The van der Waals surface area contributed by atoms with E-state index in [4.69, 9.17) is 0 Å². The number of methoxy groups -OCH3 is 1. The molecule has 0 aromatic heterocycles. The zero-order chi connectivity index (χ0) is 11.3. The molecule has 0 heterocycles.